The molecule has 18 heavy (non-hydrogen) atoms. The third-order valence-electron chi connectivity index (χ3n) is 3.03. The van der Waals surface area contributed by atoms with Crippen LogP contribution in [0.15, 0.2) is 23.2 Å². The van der Waals surface area contributed by atoms with Crippen LogP contribution < -0.4 is 11.1 Å². The molecule has 0 radical (unpaired) electrons. The van der Waals surface area contributed by atoms with Crippen LogP contribution in [-0.2, 0) is 12.8 Å². The Bertz CT molecular complexity index is 421. The van der Waals surface area contributed by atoms with Crippen molar-refractivity contribution in [1.82, 2.24) is 0 Å². The van der Waals surface area contributed by atoms with Crippen LogP contribution in [0.25, 0.3) is 0 Å². The number of aryl methyl sites for hydroxylation is 1. The minimum absolute atomic E-state index is 0. The number of hydrogen-bond acceptors (Lipinski definition) is 1. The summed E-state index contributed by atoms with van der Waals surface area (Å²) >= 11 is 0. The van der Waals surface area contributed by atoms with E-state index in [9.17, 15) is 4.39 Å². The molecule has 0 saturated carbocycles. The fourth-order valence-electron chi connectivity index (χ4n) is 2.24. The lowest BCUT2D eigenvalue weighted by Gasteiger charge is -2.19. The summed E-state index contributed by atoms with van der Waals surface area (Å²) in [4.78, 5) is 3.90. The Morgan fingerprint density at radius 1 is 1.33 bits per heavy atom. The van der Waals surface area contributed by atoms with Crippen molar-refractivity contribution in [2.45, 2.75) is 25.7 Å². The molecule has 3 nitrogen and oxygen atoms in total. The SMILES string of the molecule is I.NC(=NCCF)Nc1cccc2c1CCCC2. The number of hydrogen-bond donors (Lipinski definition) is 2. The fraction of sp³-hybridized carbons (Fsp3) is 0.462. The topological polar surface area (TPSA) is 50.4 Å². The van der Waals surface area contributed by atoms with Gasteiger partial charge in [0.2, 0.25) is 0 Å². The van der Waals surface area contributed by atoms with Gasteiger partial charge in [-0.3, -0.25) is 4.99 Å². The summed E-state index contributed by atoms with van der Waals surface area (Å²) in [6, 6.07) is 6.19. The van der Waals surface area contributed by atoms with Crippen molar-refractivity contribution in [2.75, 3.05) is 18.5 Å². The number of halogens is 2. The second kappa shape index (κ2) is 7.56. The summed E-state index contributed by atoms with van der Waals surface area (Å²) in [6.45, 7) is -0.358. The number of alkyl halides is 1. The maximum absolute atomic E-state index is 12.0. The van der Waals surface area contributed by atoms with Crippen LogP contribution in [0, 0.1) is 0 Å². The maximum Gasteiger partial charge on any atom is 0.193 e. The lowest BCUT2D eigenvalue weighted by Crippen LogP contribution is -2.24. The van der Waals surface area contributed by atoms with Gasteiger partial charge < -0.3 is 11.1 Å². The molecule has 5 heteroatoms. The Hall–Kier alpha value is -0.850. The monoisotopic (exact) mass is 363 g/mol. The van der Waals surface area contributed by atoms with Gasteiger partial charge in [0, 0.05) is 5.69 Å². The van der Waals surface area contributed by atoms with E-state index >= 15 is 0 Å². The van der Waals surface area contributed by atoms with Gasteiger partial charge in [0.05, 0.1) is 6.54 Å². The quantitative estimate of drug-likeness (QED) is 0.493. The molecule has 0 fully saturated rings. The van der Waals surface area contributed by atoms with Crippen LogP contribution >= 0.6 is 24.0 Å². The minimum Gasteiger partial charge on any atom is -0.370 e. The van der Waals surface area contributed by atoms with Gasteiger partial charge >= 0.3 is 0 Å². The molecule has 2 rings (SSSR count). The molecule has 0 aliphatic heterocycles. The van der Waals surface area contributed by atoms with Crippen LogP contribution in [-0.4, -0.2) is 19.2 Å². The predicted molar refractivity (Wildman–Crippen MR) is 84.6 cm³/mol. The highest BCUT2D eigenvalue weighted by molar-refractivity contribution is 14.0. The first kappa shape index (κ1) is 15.2. The second-order valence-corrected chi connectivity index (χ2v) is 4.23. The zero-order valence-corrected chi connectivity index (χ0v) is 12.6. The van der Waals surface area contributed by atoms with E-state index in [0.29, 0.717) is 5.96 Å². The van der Waals surface area contributed by atoms with E-state index in [1.54, 1.807) is 0 Å². The van der Waals surface area contributed by atoms with Crippen molar-refractivity contribution in [3.05, 3.63) is 29.3 Å². The molecule has 0 heterocycles. The van der Waals surface area contributed by atoms with Gasteiger partial charge in [0.15, 0.2) is 5.96 Å². The summed E-state index contributed by atoms with van der Waals surface area (Å²) in [5.41, 5.74) is 9.43. The molecule has 1 aliphatic rings. The normalized spacial score (nSPS) is 14.6. The minimum atomic E-state index is -0.477. The molecular formula is C13H19FIN3. The van der Waals surface area contributed by atoms with Crippen LogP contribution in [0.2, 0.25) is 0 Å². The Morgan fingerprint density at radius 2 is 2.11 bits per heavy atom. The lowest BCUT2D eigenvalue weighted by atomic mass is 9.90. The number of anilines is 1. The van der Waals surface area contributed by atoms with Crippen LogP contribution in [0.5, 0.6) is 0 Å². The van der Waals surface area contributed by atoms with Gasteiger partial charge in [0.1, 0.15) is 6.67 Å². The molecule has 0 unspecified atom stereocenters. The highest BCUT2D eigenvalue weighted by Gasteiger charge is 2.12. The summed E-state index contributed by atoms with van der Waals surface area (Å²) in [5.74, 6) is 0.293. The summed E-state index contributed by atoms with van der Waals surface area (Å²) < 4.78 is 12.0. The molecule has 3 N–H and O–H groups in total. The van der Waals surface area contributed by atoms with Gasteiger partial charge in [-0.15, -0.1) is 24.0 Å². The molecule has 1 aliphatic carbocycles. The van der Waals surface area contributed by atoms with Crippen LogP contribution in [0.1, 0.15) is 24.0 Å². The van der Waals surface area contributed by atoms with Crippen molar-refractivity contribution in [2.24, 2.45) is 10.7 Å². The van der Waals surface area contributed by atoms with Gasteiger partial charge in [-0.2, -0.15) is 0 Å². The highest BCUT2D eigenvalue weighted by atomic mass is 127. The lowest BCUT2D eigenvalue weighted by molar-refractivity contribution is 0.505. The zero-order chi connectivity index (χ0) is 12.1. The van der Waals surface area contributed by atoms with E-state index in [0.717, 1.165) is 18.5 Å². The number of nitrogens with one attached hydrogen (secondary N) is 1. The molecule has 0 bridgehead atoms. The number of guanidine groups is 1. The first-order valence-electron chi connectivity index (χ1n) is 6.05. The van der Waals surface area contributed by atoms with Gasteiger partial charge in [-0.05, 0) is 42.9 Å². The standard InChI is InChI=1S/C13H18FN3.HI/c14-8-9-16-13(15)17-12-7-3-5-10-4-1-2-6-11(10)12;/h3,5,7H,1-2,4,6,8-9H2,(H3,15,16,17);1H. The molecule has 100 valence electrons. The Labute approximate surface area is 124 Å². The first-order chi connectivity index (χ1) is 8.31. The largest absolute Gasteiger partial charge is 0.370 e. The second-order valence-electron chi connectivity index (χ2n) is 4.23. The number of rotatable bonds is 3. The molecule has 0 aromatic heterocycles. The number of nitrogens with two attached hydrogens (primary N) is 1. The summed E-state index contributed by atoms with van der Waals surface area (Å²) in [7, 11) is 0. The first-order valence-corrected chi connectivity index (χ1v) is 6.05. The van der Waals surface area contributed by atoms with Crippen molar-refractivity contribution in [3.8, 4) is 0 Å². The smallest absolute Gasteiger partial charge is 0.193 e. The van der Waals surface area contributed by atoms with E-state index in [2.05, 4.69) is 16.4 Å². The maximum atomic E-state index is 12.0. The molecule has 0 amide bonds. The van der Waals surface area contributed by atoms with E-state index in [4.69, 9.17) is 5.73 Å². The molecule has 0 spiro atoms. The number of benzene rings is 1. The van der Waals surface area contributed by atoms with E-state index in [1.165, 1.54) is 24.0 Å². The number of fused-ring (bicyclic) bond motifs is 1. The van der Waals surface area contributed by atoms with Crippen molar-refractivity contribution in [1.29, 1.82) is 0 Å². The summed E-state index contributed by atoms with van der Waals surface area (Å²) in [6.07, 6.45) is 4.68. The predicted octanol–water partition coefficient (Wildman–Crippen LogP) is 2.88. The average Bonchev–Trinajstić information content (AvgIpc) is 2.37. The average molecular weight is 363 g/mol. The Kier molecular flexibility index (Phi) is 6.38. The van der Waals surface area contributed by atoms with Crippen molar-refractivity contribution in [3.63, 3.8) is 0 Å². The van der Waals surface area contributed by atoms with Gasteiger partial charge in [0.25, 0.3) is 0 Å². The number of nitrogens with zero attached hydrogens (tertiary/aromatic N) is 1. The van der Waals surface area contributed by atoms with E-state index < -0.39 is 6.67 Å². The van der Waals surface area contributed by atoms with E-state index in [1.807, 2.05) is 12.1 Å². The van der Waals surface area contributed by atoms with Crippen LogP contribution in [0.3, 0.4) is 0 Å². The number of aliphatic imine (C=N–C) groups is 1. The zero-order valence-electron chi connectivity index (χ0n) is 10.3. The molecule has 1 aromatic carbocycles. The van der Waals surface area contributed by atoms with Gasteiger partial charge in [-0.25, -0.2) is 4.39 Å². The summed E-state index contributed by atoms with van der Waals surface area (Å²) in [5, 5.41) is 3.07. The highest BCUT2D eigenvalue weighted by Crippen LogP contribution is 2.27. The molecule has 0 saturated heterocycles. The third kappa shape index (κ3) is 3.83. The fourth-order valence-corrected chi connectivity index (χ4v) is 2.24. The molecule has 0 atom stereocenters. The van der Waals surface area contributed by atoms with Crippen molar-refractivity contribution >= 4 is 35.6 Å². The molecule has 1 aromatic rings. The van der Waals surface area contributed by atoms with Gasteiger partial charge in [-0.1, -0.05) is 12.1 Å². The van der Waals surface area contributed by atoms with Crippen molar-refractivity contribution < 1.29 is 4.39 Å². The van der Waals surface area contributed by atoms with Crippen LogP contribution in [0.4, 0.5) is 10.1 Å². The Balaban J connectivity index is 0.00000162. The molecular weight excluding hydrogens is 344 g/mol. The third-order valence-corrected chi connectivity index (χ3v) is 3.03. The van der Waals surface area contributed by atoms with E-state index in [-0.39, 0.29) is 30.5 Å². The Morgan fingerprint density at radius 3 is 2.89 bits per heavy atom.